The Balaban J connectivity index is 2.34. The second-order valence-electron chi connectivity index (χ2n) is 4.35. The van der Waals surface area contributed by atoms with Gasteiger partial charge in [-0.2, -0.15) is 10.2 Å². The average Bonchev–Trinajstić information content (AvgIpc) is 2.92. The quantitative estimate of drug-likeness (QED) is 0.799. The molecule has 2 rings (SSSR count). The van der Waals surface area contributed by atoms with Crippen LogP contribution in [0.2, 0.25) is 0 Å². The molecule has 0 radical (unpaired) electrons. The number of sulfonamides is 1. The smallest absolute Gasteiger partial charge is 0.356 e. The largest absolute Gasteiger partial charge is 0.464 e. The molecule has 0 amide bonds. The van der Waals surface area contributed by atoms with Gasteiger partial charge in [0.05, 0.1) is 19.0 Å². The van der Waals surface area contributed by atoms with Gasteiger partial charge >= 0.3 is 5.97 Å². The first-order chi connectivity index (χ1) is 9.76. The Bertz CT molecular complexity index is 790. The Labute approximate surface area is 121 Å². The summed E-state index contributed by atoms with van der Waals surface area (Å²) >= 11 is 0. The number of hydrogen-bond donors (Lipinski definition) is 1. The number of carbonyl (C=O) groups is 1. The van der Waals surface area contributed by atoms with Crippen LogP contribution >= 0.6 is 0 Å². The van der Waals surface area contributed by atoms with Gasteiger partial charge in [-0.25, -0.2) is 13.2 Å². The average molecular weight is 313 g/mol. The molecule has 21 heavy (non-hydrogen) atoms. The molecule has 2 heterocycles. The molecule has 0 saturated heterocycles. The molecule has 0 fully saturated rings. The second kappa shape index (κ2) is 5.20. The van der Waals surface area contributed by atoms with Crippen LogP contribution in [0.3, 0.4) is 0 Å². The van der Waals surface area contributed by atoms with E-state index < -0.39 is 16.0 Å². The van der Waals surface area contributed by atoms with E-state index in [9.17, 15) is 13.2 Å². The SMILES string of the molecule is COC(=O)c1cc(NS(=O)(=O)c2cnn(C)c2C)nn1C. The molecule has 0 aromatic carbocycles. The van der Waals surface area contributed by atoms with Crippen molar-refractivity contribution in [2.24, 2.45) is 14.1 Å². The summed E-state index contributed by atoms with van der Waals surface area (Å²) in [5.74, 6) is -0.575. The summed E-state index contributed by atoms with van der Waals surface area (Å²) in [6.07, 6.45) is 1.25. The van der Waals surface area contributed by atoms with Crippen molar-refractivity contribution in [2.75, 3.05) is 11.8 Å². The zero-order valence-electron chi connectivity index (χ0n) is 12.0. The third-order valence-electron chi connectivity index (χ3n) is 2.99. The van der Waals surface area contributed by atoms with Crippen LogP contribution in [0.4, 0.5) is 5.82 Å². The molecule has 10 heteroatoms. The molecule has 2 aromatic rings. The summed E-state index contributed by atoms with van der Waals surface area (Å²) in [6.45, 7) is 1.64. The minimum atomic E-state index is -3.82. The molecule has 0 atom stereocenters. The van der Waals surface area contributed by atoms with Gasteiger partial charge in [0.1, 0.15) is 10.6 Å². The monoisotopic (exact) mass is 313 g/mol. The van der Waals surface area contributed by atoms with Crippen molar-refractivity contribution in [3.63, 3.8) is 0 Å². The molecule has 0 aliphatic heterocycles. The highest BCUT2D eigenvalue weighted by Crippen LogP contribution is 2.18. The predicted molar refractivity (Wildman–Crippen MR) is 73.3 cm³/mol. The van der Waals surface area contributed by atoms with E-state index in [0.29, 0.717) is 5.69 Å². The van der Waals surface area contributed by atoms with Crippen LogP contribution in [0, 0.1) is 6.92 Å². The fourth-order valence-electron chi connectivity index (χ4n) is 1.75. The van der Waals surface area contributed by atoms with Gasteiger partial charge in [-0.05, 0) is 6.92 Å². The molecule has 2 aromatic heterocycles. The van der Waals surface area contributed by atoms with Crippen LogP contribution < -0.4 is 4.72 Å². The van der Waals surface area contributed by atoms with E-state index in [1.807, 2.05) is 0 Å². The lowest BCUT2D eigenvalue weighted by molar-refractivity contribution is 0.0588. The first-order valence-corrected chi connectivity index (χ1v) is 7.38. The fraction of sp³-hybridized carbons (Fsp3) is 0.364. The molecule has 0 bridgehead atoms. The van der Waals surface area contributed by atoms with E-state index in [-0.39, 0.29) is 16.4 Å². The highest BCUT2D eigenvalue weighted by molar-refractivity contribution is 7.92. The number of anilines is 1. The summed E-state index contributed by atoms with van der Waals surface area (Å²) < 4.78 is 34.1. The normalized spacial score (nSPS) is 11.4. The van der Waals surface area contributed by atoms with Gasteiger partial charge in [-0.1, -0.05) is 0 Å². The number of hydrogen-bond acceptors (Lipinski definition) is 6. The Morgan fingerprint density at radius 3 is 2.52 bits per heavy atom. The number of nitrogens with zero attached hydrogens (tertiary/aromatic N) is 4. The number of aromatic nitrogens is 4. The summed E-state index contributed by atoms with van der Waals surface area (Å²) in [7, 11) is 0.571. The summed E-state index contributed by atoms with van der Waals surface area (Å²) in [5.41, 5.74) is 0.629. The third kappa shape index (κ3) is 2.75. The Hall–Kier alpha value is -2.36. The molecular formula is C11H15N5O4S. The summed E-state index contributed by atoms with van der Waals surface area (Å²) in [4.78, 5) is 11.5. The third-order valence-corrected chi connectivity index (χ3v) is 4.45. The standard InChI is InChI=1S/C11H15N5O4S/c1-7-9(6-12-15(7)2)21(18,19)14-10-5-8(11(17)20-4)16(3)13-10/h5-6H,1-4H3,(H,13,14). The molecule has 0 aliphatic carbocycles. The summed E-state index contributed by atoms with van der Waals surface area (Å²) in [6, 6.07) is 1.30. The van der Waals surface area contributed by atoms with Crippen molar-refractivity contribution in [3.05, 3.63) is 23.7 Å². The number of methoxy groups -OCH3 is 1. The Morgan fingerprint density at radius 2 is 2.00 bits per heavy atom. The van der Waals surface area contributed by atoms with Crippen LogP contribution in [0.25, 0.3) is 0 Å². The molecule has 0 aliphatic rings. The molecule has 0 spiro atoms. The van der Waals surface area contributed by atoms with Crippen LogP contribution in [0.5, 0.6) is 0 Å². The van der Waals surface area contributed by atoms with Crippen LogP contribution in [0.1, 0.15) is 16.2 Å². The zero-order valence-corrected chi connectivity index (χ0v) is 12.8. The number of esters is 1. The van der Waals surface area contributed by atoms with Gasteiger partial charge in [0, 0.05) is 20.2 Å². The number of aryl methyl sites for hydroxylation is 2. The highest BCUT2D eigenvalue weighted by Gasteiger charge is 2.22. The molecule has 114 valence electrons. The highest BCUT2D eigenvalue weighted by atomic mass is 32.2. The van der Waals surface area contributed by atoms with Crippen molar-refractivity contribution >= 4 is 21.8 Å². The van der Waals surface area contributed by atoms with Crippen molar-refractivity contribution in [1.82, 2.24) is 19.6 Å². The first-order valence-electron chi connectivity index (χ1n) is 5.90. The molecular weight excluding hydrogens is 298 g/mol. The number of carbonyl (C=O) groups excluding carboxylic acids is 1. The van der Waals surface area contributed by atoms with E-state index in [1.54, 1.807) is 14.0 Å². The van der Waals surface area contributed by atoms with E-state index in [1.165, 1.54) is 35.8 Å². The lowest BCUT2D eigenvalue weighted by Crippen LogP contribution is -2.14. The number of ether oxygens (including phenoxy) is 1. The minimum Gasteiger partial charge on any atom is -0.464 e. The lowest BCUT2D eigenvalue weighted by Gasteiger charge is -2.04. The predicted octanol–water partition coefficient (Wildman–Crippen LogP) is 0.0494. The van der Waals surface area contributed by atoms with E-state index in [4.69, 9.17) is 0 Å². The number of nitrogens with one attached hydrogen (secondary N) is 1. The van der Waals surface area contributed by atoms with Crippen molar-refractivity contribution in [1.29, 1.82) is 0 Å². The zero-order chi connectivity index (χ0) is 15.8. The van der Waals surface area contributed by atoms with Gasteiger partial charge in [0.2, 0.25) is 0 Å². The van der Waals surface area contributed by atoms with Crippen LogP contribution in [-0.2, 0) is 28.9 Å². The summed E-state index contributed by atoms with van der Waals surface area (Å²) in [5, 5.41) is 7.81. The maximum atomic E-state index is 12.3. The van der Waals surface area contributed by atoms with Crippen molar-refractivity contribution < 1.29 is 17.9 Å². The van der Waals surface area contributed by atoms with Crippen LogP contribution in [-0.4, -0.2) is 41.1 Å². The maximum absolute atomic E-state index is 12.3. The van der Waals surface area contributed by atoms with Gasteiger partial charge < -0.3 is 4.74 Å². The molecule has 1 N–H and O–H groups in total. The fourth-order valence-corrected chi connectivity index (χ4v) is 2.94. The lowest BCUT2D eigenvalue weighted by atomic mass is 10.4. The van der Waals surface area contributed by atoms with Gasteiger partial charge in [0.25, 0.3) is 10.0 Å². The van der Waals surface area contributed by atoms with E-state index >= 15 is 0 Å². The molecule has 0 unspecified atom stereocenters. The first kappa shape index (κ1) is 15.0. The van der Waals surface area contributed by atoms with E-state index in [0.717, 1.165) is 0 Å². The molecule has 0 saturated carbocycles. The number of rotatable bonds is 4. The molecule has 9 nitrogen and oxygen atoms in total. The van der Waals surface area contributed by atoms with Gasteiger partial charge in [0.15, 0.2) is 5.82 Å². The van der Waals surface area contributed by atoms with Crippen LogP contribution in [0.15, 0.2) is 17.2 Å². The van der Waals surface area contributed by atoms with Gasteiger partial charge in [-0.3, -0.25) is 14.1 Å². The Kier molecular flexibility index (Phi) is 3.73. The topological polar surface area (TPSA) is 108 Å². The second-order valence-corrected chi connectivity index (χ2v) is 6.00. The maximum Gasteiger partial charge on any atom is 0.356 e. The van der Waals surface area contributed by atoms with Crippen molar-refractivity contribution in [3.8, 4) is 0 Å². The van der Waals surface area contributed by atoms with Crippen molar-refractivity contribution in [2.45, 2.75) is 11.8 Å². The van der Waals surface area contributed by atoms with E-state index in [2.05, 4.69) is 19.7 Å². The Morgan fingerprint density at radius 1 is 1.33 bits per heavy atom. The minimum absolute atomic E-state index is 0.0288. The van der Waals surface area contributed by atoms with Gasteiger partial charge in [-0.15, -0.1) is 0 Å².